The van der Waals surface area contributed by atoms with Gasteiger partial charge in [0.05, 0.1) is 0 Å². The summed E-state index contributed by atoms with van der Waals surface area (Å²) in [4.78, 5) is 28.9. The first-order chi connectivity index (χ1) is 10.3. The van der Waals surface area contributed by atoms with Gasteiger partial charge in [0.25, 0.3) is 0 Å². The first-order valence-electron chi connectivity index (χ1n) is 6.96. The minimum atomic E-state index is -0.661. The Kier molecular flexibility index (Phi) is 4.76. The van der Waals surface area contributed by atoms with Gasteiger partial charge in [-0.15, -0.1) is 0 Å². The van der Waals surface area contributed by atoms with Gasteiger partial charge in [-0.25, -0.2) is 9.67 Å². The van der Waals surface area contributed by atoms with E-state index in [-0.39, 0.29) is 18.0 Å². The summed E-state index contributed by atoms with van der Waals surface area (Å²) in [5.74, 6) is -0.185. The van der Waals surface area contributed by atoms with E-state index in [1.807, 2.05) is 20.8 Å². The van der Waals surface area contributed by atoms with Crippen LogP contribution in [-0.2, 0) is 4.79 Å². The van der Waals surface area contributed by atoms with Crippen LogP contribution in [0.15, 0.2) is 36.9 Å². The fourth-order valence-electron chi connectivity index (χ4n) is 2.11. The minimum Gasteiger partial charge on any atom is -0.297 e. The lowest BCUT2D eigenvalue weighted by atomic mass is 9.84. The quantitative estimate of drug-likeness (QED) is 0.793. The van der Waals surface area contributed by atoms with Crippen molar-refractivity contribution in [2.75, 3.05) is 0 Å². The molecular weight excluding hydrogens is 302 g/mol. The van der Waals surface area contributed by atoms with Crippen molar-refractivity contribution in [1.29, 1.82) is 0 Å². The number of aromatic nitrogens is 3. The van der Waals surface area contributed by atoms with Crippen LogP contribution in [0.4, 0.5) is 0 Å². The number of Topliss-reactive ketones (excluding diaryl/α,β-unsaturated/α-hetero) is 2. The third-order valence-electron chi connectivity index (χ3n) is 3.34. The minimum absolute atomic E-state index is 0.0428. The molecule has 0 saturated carbocycles. The van der Waals surface area contributed by atoms with Crippen molar-refractivity contribution < 1.29 is 9.59 Å². The van der Waals surface area contributed by atoms with E-state index in [9.17, 15) is 9.59 Å². The molecule has 0 saturated heterocycles. The van der Waals surface area contributed by atoms with Gasteiger partial charge < -0.3 is 0 Å². The van der Waals surface area contributed by atoms with Crippen molar-refractivity contribution in [3.63, 3.8) is 0 Å². The molecule has 0 aliphatic heterocycles. The van der Waals surface area contributed by atoms with Gasteiger partial charge in [0, 0.05) is 22.4 Å². The number of rotatable bonds is 5. The Morgan fingerprint density at radius 3 is 2.36 bits per heavy atom. The lowest BCUT2D eigenvalue weighted by Crippen LogP contribution is -2.32. The summed E-state index contributed by atoms with van der Waals surface area (Å²) in [6.07, 6.45) is 2.86. The summed E-state index contributed by atoms with van der Waals surface area (Å²) in [7, 11) is 0. The Morgan fingerprint density at radius 2 is 1.86 bits per heavy atom. The third-order valence-corrected chi connectivity index (χ3v) is 3.59. The van der Waals surface area contributed by atoms with E-state index >= 15 is 0 Å². The highest BCUT2D eigenvalue weighted by Crippen LogP contribution is 2.26. The number of carbonyl (C=O) groups is 2. The molecule has 0 spiro atoms. The standard InChI is InChI=1S/C16H18ClN3O2/c1-16(2,3)15(22)13(20-10-18-9-19-20)8-14(21)11-4-6-12(17)7-5-11/h4-7,9-10,13H,8H2,1-3H3. The van der Waals surface area contributed by atoms with Gasteiger partial charge >= 0.3 is 0 Å². The van der Waals surface area contributed by atoms with Gasteiger partial charge in [0.2, 0.25) is 0 Å². The Labute approximate surface area is 134 Å². The molecule has 22 heavy (non-hydrogen) atoms. The second kappa shape index (κ2) is 6.40. The summed E-state index contributed by atoms with van der Waals surface area (Å²) in [6.45, 7) is 5.48. The smallest absolute Gasteiger partial charge is 0.165 e. The summed E-state index contributed by atoms with van der Waals surface area (Å²) in [5, 5.41) is 4.59. The van der Waals surface area contributed by atoms with Crippen molar-refractivity contribution in [3.05, 3.63) is 47.5 Å². The Bertz CT molecular complexity index is 658. The maximum Gasteiger partial charge on any atom is 0.165 e. The highest BCUT2D eigenvalue weighted by atomic mass is 35.5. The molecule has 6 heteroatoms. The Hall–Kier alpha value is -2.01. The predicted molar refractivity (Wildman–Crippen MR) is 83.9 cm³/mol. The molecule has 1 unspecified atom stereocenters. The van der Waals surface area contributed by atoms with Crippen molar-refractivity contribution >= 4 is 23.2 Å². The van der Waals surface area contributed by atoms with Crippen molar-refractivity contribution in [2.24, 2.45) is 5.41 Å². The molecule has 0 radical (unpaired) electrons. The first kappa shape index (κ1) is 16.4. The second-order valence-electron chi connectivity index (χ2n) is 6.14. The maximum atomic E-state index is 12.6. The third kappa shape index (κ3) is 3.80. The number of hydrogen-bond donors (Lipinski definition) is 0. The van der Waals surface area contributed by atoms with Crippen molar-refractivity contribution in [2.45, 2.75) is 33.2 Å². The summed E-state index contributed by atoms with van der Waals surface area (Å²) >= 11 is 5.83. The molecule has 0 aliphatic rings. The average Bonchev–Trinajstić information content (AvgIpc) is 2.97. The molecular formula is C16H18ClN3O2. The maximum absolute atomic E-state index is 12.6. The lowest BCUT2D eigenvalue weighted by molar-refractivity contribution is -0.130. The van der Waals surface area contributed by atoms with Gasteiger partial charge in [0.15, 0.2) is 11.6 Å². The molecule has 2 aromatic rings. The van der Waals surface area contributed by atoms with Crippen LogP contribution in [0, 0.1) is 5.41 Å². The molecule has 1 aromatic heterocycles. The van der Waals surface area contributed by atoms with Gasteiger partial charge in [0.1, 0.15) is 18.7 Å². The molecule has 0 bridgehead atoms. The molecule has 0 amide bonds. The van der Waals surface area contributed by atoms with Crippen LogP contribution < -0.4 is 0 Å². The summed E-state index contributed by atoms with van der Waals surface area (Å²) in [6, 6.07) is 5.97. The number of halogens is 1. The van der Waals surface area contributed by atoms with E-state index in [1.165, 1.54) is 17.3 Å². The zero-order valence-corrected chi connectivity index (χ0v) is 13.5. The average molecular weight is 320 g/mol. The highest BCUT2D eigenvalue weighted by molar-refractivity contribution is 6.30. The van der Waals surface area contributed by atoms with Crippen molar-refractivity contribution in [1.82, 2.24) is 14.8 Å². The van der Waals surface area contributed by atoms with Gasteiger partial charge in [-0.2, -0.15) is 5.10 Å². The van der Waals surface area contributed by atoms with Gasteiger partial charge in [-0.3, -0.25) is 9.59 Å². The second-order valence-corrected chi connectivity index (χ2v) is 6.58. The van der Waals surface area contributed by atoms with E-state index in [1.54, 1.807) is 24.3 Å². The molecule has 1 atom stereocenters. The van der Waals surface area contributed by atoms with Crippen LogP contribution >= 0.6 is 11.6 Å². The summed E-state index contributed by atoms with van der Waals surface area (Å²) in [5.41, 5.74) is -0.0482. The first-order valence-corrected chi connectivity index (χ1v) is 7.34. The zero-order valence-electron chi connectivity index (χ0n) is 12.8. The molecule has 0 fully saturated rings. The highest BCUT2D eigenvalue weighted by Gasteiger charge is 2.33. The largest absolute Gasteiger partial charge is 0.297 e. The molecule has 0 aliphatic carbocycles. The SMILES string of the molecule is CC(C)(C)C(=O)C(CC(=O)c1ccc(Cl)cc1)n1cncn1. The van der Waals surface area contributed by atoms with Crippen LogP contribution in [0.5, 0.6) is 0 Å². The zero-order chi connectivity index (χ0) is 16.3. The molecule has 116 valence electrons. The number of hydrogen-bond acceptors (Lipinski definition) is 4. The molecule has 1 aromatic carbocycles. The Morgan fingerprint density at radius 1 is 1.23 bits per heavy atom. The molecule has 2 rings (SSSR count). The Balaban J connectivity index is 2.25. The van der Waals surface area contributed by atoms with Crippen LogP contribution in [0.1, 0.15) is 43.6 Å². The van der Waals surface area contributed by atoms with E-state index in [0.717, 1.165) is 0 Å². The number of ketones is 2. The predicted octanol–water partition coefficient (Wildman–Crippen LogP) is 3.36. The molecule has 5 nitrogen and oxygen atoms in total. The number of nitrogens with zero attached hydrogens (tertiary/aromatic N) is 3. The van der Waals surface area contributed by atoms with Gasteiger partial charge in [-0.05, 0) is 24.3 Å². The summed E-state index contributed by atoms with van der Waals surface area (Å²) < 4.78 is 1.45. The fraction of sp³-hybridized carbons (Fsp3) is 0.375. The van der Waals surface area contributed by atoms with Crippen LogP contribution in [0.3, 0.4) is 0 Å². The normalized spacial score (nSPS) is 12.9. The number of benzene rings is 1. The van der Waals surface area contributed by atoms with Crippen LogP contribution in [0.25, 0.3) is 0 Å². The monoisotopic (exact) mass is 319 g/mol. The molecule has 0 N–H and O–H groups in total. The van der Waals surface area contributed by atoms with Crippen LogP contribution in [-0.4, -0.2) is 26.3 Å². The topological polar surface area (TPSA) is 64.8 Å². The number of carbonyl (C=O) groups excluding carboxylic acids is 2. The van der Waals surface area contributed by atoms with Crippen LogP contribution in [0.2, 0.25) is 5.02 Å². The van der Waals surface area contributed by atoms with E-state index in [2.05, 4.69) is 10.1 Å². The van der Waals surface area contributed by atoms with E-state index in [0.29, 0.717) is 10.6 Å². The van der Waals surface area contributed by atoms with Crippen molar-refractivity contribution in [3.8, 4) is 0 Å². The lowest BCUT2D eigenvalue weighted by Gasteiger charge is -2.24. The van der Waals surface area contributed by atoms with E-state index in [4.69, 9.17) is 11.6 Å². The van der Waals surface area contributed by atoms with E-state index < -0.39 is 11.5 Å². The molecule has 1 heterocycles. The van der Waals surface area contributed by atoms with Gasteiger partial charge in [-0.1, -0.05) is 32.4 Å². The fourth-order valence-corrected chi connectivity index (χ4v) is 2.24.